The van der Waals surface area contributed by atoms with E-state index in [4.69, 9.17) is 4.99 Å². The molecule has 0 atom stereocenters. The van der Waals surface area contributed by atoms with Gasteiger partial charge in [-0.05, 0) is 80.6 Å². The van der Waals surface area contributed by atoms with Crippen molar-refractivity contribution in [3.05, 3.63) is 89.5 Å². The van der Waals surface area contributed by atoms with E-state index in [2.05, 4.69) is 26.7 Å². The van der Waals surface area contributed by atoms with E-state index in [-0.39, 0.29) is 10.8 Å². The summed E-state index contributed by atoms with van der Waals surface area (Å²) in [4.78, 5) is 10.6. The highest BCUT2D eigenvalue weighted by Gasteiger charge is 2.26. The van der Waals surface area contributed by atoms with E-state index in [9.17, 15) is 13.5 Å². The van der Waals surface area contributed by atoms with Crippen LogP contribution in [-0.2, 0) is 16.6 Å². The minimum absolute atomic E-state index is 0.0475. The first-order valence-electron chi connectivity index (χ1n) is 13.3. The van der Waals surface area contributed by atoms with Crippen LogP contribution < -0.4 is 4.72 Å². The molecule has 1 saturated heterocycles. The molecule has 38 heavy (non-hydrogen) atoms. The number of nitrogens with zero attached hydrogens (tertiary/aromatic N) is 2. The molecule has 2 fully saturated rings. The lowest BCUT2D eigenvalue weighted by molar-refractivity contribution is 0.331. The van der Waals surface area contributed by atoms with Crippen LogP contribution in [0.1, 0.15) is 42.4 Å². The number of fused-ring (bicyclic) bond motifs is 1. The number of sulfonamides is 1. The summed E-state index contributed by atoms with van der Waals surface area (Å²) in [5, 5.41) is 11.6. The zero-order valence-electron chi connectivity index (χ0n) is 21.2. The molecular weight excluding hydrogens is 496 g/mol. The van der Waals surface area contributed by atoms with E-state index in [1.165, 1.54) is 18.4 Å². The molecule has 4 aromatic rings. The molecule has 196 valence electrons. The quantitative estimate of drug-likeness (QED) is 0.256. The van der Waals surface area contributed by atoms with E-state index < -0.39 is 10.0 Å². The van der Waals surface area contributed by atoms with Crippen LogP contribution in [-0.4, -0.2) is 48.8 Å². The lowest BCUT2D eigenvalue weighted by atomic mass is 10.0. The topological polar surface area (TPSA) is 97.8 Å². The van der Waals surface area contributed by atoms with E-state index in [0.717, 1.165) is 43.7 Å². The molecule has 6 rings (SSSR count). The highest BCUT2D eigenvalue weighted by Crippen LogP contribution is 2.33. The summed E-state index contributed by atoms with van der Waals surface area (Å²) in [6, 6.07) is 22.7. The maximum atomic E-state index is 13.0. The molecule has 7 nitrogen and oxygen atoms in total. The first-order chi connectivity index (χ1) is 18.5. The monoisotopic (exact) mass is 528 g/mol. The van der Waals surface area contributed by atoms with E-state index in [1.54, 1.807) is 18.2 Å². The van der Waals surface area contributed by atoms with Crippen molar-refractivity contribution < 1.29 is 13.5 Å². The number of aromatic amines is 1. The largest absolute Gasteiger partial charge is 0.494 e. The number of aromatic hydroxyl groups is 1. The van der Waals surface area contributed by atoms with Crippen LogP contribution in [0.25, 0.3) is 10.9 Å². The van der Waals surface area contributed by atoms with Crippen LogP contribution in [0.3, 0.4) is 0 Å². The average Bonchev–Trinajstić information content (AvgIpc) is 3.52. The summed E-state index contributed by atoms with van der Waals surface area (Å²) in [7, 11) is -3.67. The van der Waals surface area contributed by atoms with Gasteiger partial charge in [0.2, 0.25) is 10.0 Å². The SMILES string of the molecule is O=S(=O)(NCC1CC1)c1ccc2[nH]c(O)c(C(=Nc3ccc(CN4CCCC4)cc3)c3ccccc3)c2c1. The van der Waals surface area contributed by atoms with Crippen LogP contribution in [0.15, 0.2) is 82.7 Å². The van der Waals surface area contributed by atoms with E-state index >= 15 is 0 Å². The highest BCUT2D eigenvalue weighted by atomic mass is 32.2. The lowest BCUT2D eigenvalue weighted by Crippen LogP contribution is -2.25. The van der Waals surface area contributed by atoms with Gasteiger partial charge in [-0.25, -0.2) is 18.1 Å². The highest BCUT2D eigenvalue weighted by molar-refractivity contribution is 7.89. The normalized spacial score (nSPS) is 16.9. The molecule has 0 spiro atoms. The van der Waals surface area contributed by atoms with Gasteiger partial charge in [-0.15, -0.1) is 0 Å². The van der Waals surface area contributed by atoms with Gasteiger partial charge in [-0.3, -0.25) is 4.90 Å². The first kappa shape index (κ1) is 24.9. The number of aromatic nitrogens is 1. The number of likely N-dealkylation sites (tertiary alicyclic amines) is 1. The number of H-pyrrole nitrogens is 1. The maximum absolute atomic E-state index is 13.0. The van der Waals surface area contributed by atoms with Crippen LogP contribution in [0.4, 0.5) is 5.69 Å². The Bertz CT molecular complexity index is 1570. The fourth-order valence-corrected chi connectivity index (χ4v) is 6.20. The van der Waals surface area contributed by atoms with Crippen LogP contribution in [0.5, 0.6) is 5.88 Å². The zero-order valence-corrected chi connectivity index (χ0v) is 22.0. The smallest absolute Gasteiger partial charge is 0.240 e. The van der Waals surface area contributed by atoms with Gasteiger partial charge in [-0.2, -0.15) is 0 Å². The summed E-state index contributed by atoms with van der Waals surface area (Å²) < 4.78 is 28.7. The Morgan fingerprint density at radius 1 is 1.00 bits per heavy atom. The van der Waals surface area contributed by atoms with Gasteiger partial charge in [0.25, 0.3) is 0 Å². The van der Waals surface area contributed by atoms with Gasteiger partial charge in [0.15, 0.2) is 5.88 Å². The summed E-state index contributed by atoms with van der Waals surface area (Å²) in [6.07, 6.45) is 4.65. The third-order valence-electron chi connectivity index (χ3n) is 7.39. The number of nitrogens with one attached hydrogen (secondary N) is 2. The van der Waals surface area contributed by atoms with Crippen molar-refractivity contribution in [2.45, 2.75) is 37.1 Å². The number of benzene rings is 3. The van der Waals surface area contributed by atoms with E-state index in [1.807, 2.05) is 42.5 Å². The molecule has 0 radical (unpaired) electrons. The second-order valence-corrected chi connectivity index (χ2v) is 12.1. The summed E-state index contributed by atoms with van der Waals surface area (Å²) in [5.41, 5.74) is 4.52. The Morgan fingerprint density at radius 3 is 2.45 bits per heavy atom. The van der Waals surface area contributed by atoms with Gasteiger partial charge in [0, 0.05) is 29.6 Å². The standard InChI is InChI=1S/C30H32N4O3S/c35-30-28(26-18-25(14-15-27(26)33-30)38(36,37)31-19-21-8-9-21)29(23-6-2-1-3-7-23)32-24-12-10-22(11-13-24)20-34-16-4-5-17-34/h1-3,6-7,10-15,18,21,31,33,35H,4-5,8-9,16-17,19-20H2. The molecule has 8 heteroatoms. The number of hydrogen-bond acceptors (Lipinski definition) is 5. The minimum Gasteiger partial charge on any atom is -0.494 e. The summed E-state index contributed by atoms with van der Waals surface area (Å²) in [6.45, 7) is 3.68. The van der Waals surface area contributed by atoms with Crippen molar-refractivity contribution in [3.63, 3.8) is 0 Å². The Kier molecular flexibility index (Phi) is 6.78. The molecule has 1 aliphatic heterocycles. The Hall–Kier alpha value is -3.46. The lowest BCUT2D eigenvalue weighted by Gasteiger charge is -2.14. The summed E-state index contributed by atoms with van der Waals surface area (Å²) in [5.74, 6) is 0.382. The second-order valence-electron chi connectivity index (χ2n) is 10.3. The van der Waals surface area contributed by atoms with Crippen LogP contribution in [0.2, 0.25) is 0 Å². The minimum atomic E-state index is -3.67. The summed E-state index contributed by atoms with van der Waals surface area (Å²) >= 11 is 0. The molecule has 0 unspecified atom stereocenters. The Balaban J connectivity index is 1.40. The van der Waals surface area contributed by atoms with E-state index in [0.29, 0.717) is 34.6 Å². The zero-order chi connectivity index (χ0) is 26.1. The fourth-order valence-electron chi connectivity index (χ4n) is 5.06. The van der Waals surface area contributed by atoms with Gasteiger partial charge in [0.1, 0.15) is 0 Å². The molecule has 3 aromatic carbocycles. The molecule has 1 saturated carbocycles. The third kappa shape index (κ3) is 5.38. The van der Waals surface area contributed by atoms with Crippen LogP contribution >= 0.6 is 0 Å². The Morgan fingerprint density at radius 2 is 1.74 bits per heavy atom. The predicted octanol–water partition coefficient (Wildman–Crippen LogP) is 5.33. The van der Waals surface area contributed by atoms with Crippen molar-refractivity contribution in [2.24, 2.45) is 10.9 Å². The molecular formula is C30H32N4O3S. The second kappa shape index (κ2) is 10.4. The average molecular weight is 529 g/mol. The number of rotatable bonds is 9. The molecule has 1 aromatic heterocycles. The van der Waals surface area contributed by atoms with Gasteiger partial charge < -0.3 is 10.1 Å². The van der Waals surface area contributed by atoms with Gasteiger partial charge >= 0.3 is 0 Å². The van der Waals surface area contributed by atoms with Gasteiger partial charge in [0.05, 0.1) is 21.9 Å². The van der Waals surface area contributed by atoms with Crippen molar-refractivity contribution in [2.75, 3.05) is 19.6 Å². The maximum Gasteiger partial charge on any atom is 0.240 e. The molecule has 1 aliphatic carbocycles. The van der Waals surface area contributed by atoms with Crippen molar-refractivity contribution in [1.82, 2.24) is 14.6 Å². The van der Waals surface area contributed by atoms with Crippen LogP contribution in [0, 0.1) is 5.92 Å². The number of hydrogen-bond donors (Lipinski definition) is 3. The predicted molar refractivity (Wildman–Crippen MR) is 151 cm³/mol. The molecule has 2 aliphatic rings. The molecule has 2 heterocycles. The van der Waals surface area contributed by atoms with Gasteiger partial charge in [-0.1, -0.05) is 42.5 Å². The van der Waals surface area contributed by atoms with Crippen molar-refractivity contribution in [3.8, 4) is 5.88 Å². The fraction of sp³-hybridized carbons (Fsp3) is 0.300. The third-order valence-corrected chi connectivity index (χ3v) is 8.81. The van der Waals surface area contributed by atoms with Crippen molar-refractivity contribution in [1.29, 1.82) is 0 Å². The first-order valence-corrected chi connectivity index (χ1v) is 14.7. The molecule has 0 amide bonds. The number of aliphatic imine (C=N–C) groups is 1. The van der Waals surface area contributed by atoms with Crippen molar-refractivity contribution >= 4 is 32.3 Å². The molecule has 0 bridgehead atoms. The Labute approximate surface area is 223 Å². The molecule has 3 N–H and O–H groups in total.